The summed E-state index contributed by atoms with van der Waals surface area (Å²) in [6.45, 7) is 1.60. The van der Waals surface area contributed by atoms with Gasteiger partial charge < -0.3 is 19.5 Å². The number of ether oxygens (including phenoxy) is 2. The molecule has 1 saturated heterocycles. The predicted molar refractivity (Wildman–Crippen MR) is 74.9 cm³/mol. The van der Waals surface area contributed by atoms with Crippen molar-refractivity contribution in [3.63, 3.8) is 0 Å². The molecular formula is C15H21NO4. The van der Waals surface area contributed by atoms with Gasteiger partial charge >= 0.3 is 0 Å². The molecule has 110 valence electrons. The molecule has 1 aliphatic heterocycles. The van der Waals surface area contributed by atoms with Gasteiger partial charge in [-0.15, -0.1) is 0 Å². The molecule has 0 bridgehead atoms. The van der Waals surface area contributed by atoms with Crippen LogP contribution in [0.4, 0.5) is 0 Å². The van der Waals surface area contributed by atoms with E-state index in [2.05, 4.69) is 0 Å². The van der Waals surface area contributed by atoms with Gasteiger partial charge in [-0.1, -0.05) is 12.1 Å². The second-order valence-electron chi connectivity index (χ2n) is 4.86. The van der Waals surface area contributed by atoms with Crippen molar-refractivity contribution < 1.29 is 19.4 Å². The summed E-state index contributed by atoms with van der Waals surface area (Å²) in [5.74, 6) is 1.39. The summed E-state index contributed by atoms with van der Waals surface area (Å²) in [7, 11) is 1.59. The number of aliphatic hydroxyl groups excluding tert-OH is 1. The highest BCUT2D eigenvalue weighted by molar-refractivity contribution is 5.76. The zero-order chi connectivity index (χ0) is 14.4. The molecule has 1 fully saturated rings. The van der Waals surface area contributed by atoms with Gasteiger partial charge in [0, 0.05) is 13.1 Å². The van der Waals surface area contributed by atoms with E-state index in [4.69, 9.17) is 9.47 Å². The van der Waals surface area contributed by atoms with Crippen molar-refractivity contribution in [3.05, 3.63) is 24.3 Å². The molecule has 0 radical (unpaired) electrons. The van der Waals surface area contributed by atoms with Crippen LogP contribution in [-0.2, 0) is 4.79 Å². The number of hydrogen-bond acceptors (Lipinski definition) is 4. The number of likely N-dealkylation sites (tertiary alicyclic amines) is 1. The second-order valence-corrected chi connectivity index (χ2v) is 4.86. The lowest BCUT2D eigenvalue weighted by Crippen LogP contribution is -2.40. The Hall–Kier alpha value is -1.75. The van der Waals surface area contributed by atoms with Crippen molar-refractivity contribution in [2.24, 2.45) is 0 Å². The number of methoxy groups -OCH3 is 1. The standard InChI is InChI=1S/C15H21NO4/c1-19-13-4-2-3-5-14(13)20-11-8-15(18)16-9-6-12(17)7-10-16/h2-5,12,17H,6-11H2,1H3. The molecule has 0 spiro atoms. The third-order valence-electron chi connectivity index (χ3n) is 3.46. The minimum atomic E-state index is -0.260. The zero-order valence-corrected chi connectivity index (χ0v) is 11.7. The average Bonchev–Trinajstić information content (AvgIpc) is 2.48. The number of carbonyl (C=O) groups is 1. The molecule has 0 atom stereocenters. The van der Waals surface area contributed by atoms with Gasteiger partial charge in [-0.2, -0.15) is 0 Å². The van der Waals surface area contributed by atoms with E-state index < -0.39 is 0 Å². The van der Waals surface area contributed by atoms with Crippen molar-refractivity contribution in [1.82, 2.24) is 4.90 Å². The van der Waals surface area contributed by atoms with Crippen molar-refractivity contribution >= 4 is 5.91 Å². The van der Waals surface area contributed by atoms with E-state index in [0.717, 1.165) is 0 Å². The molecule has 0 unspecified atom stereocenters. The van der Waals surface area contributed by atoms with Crippen molar-refractivity contribution in [2.45, 2.75) is 25.4 Å². The van der Waals surface area contributed by atoms with Crippen LogP contribution in [0.15, 0.2) is 24.3 Å². The topological polar surface area (TPSA) is 59.0 Å². The Morgan fingerprint density at radius 1 is 1.30 bits per heavy atom. The van der Waals surface area contributed by atoms with E-state index in [9.17, 15) is 9.90 Å². The molecule has 1 aromatic rings. The van der Waals surface area contributed by atoms with Crippen LogP contribution in [0.25, 0.3) is 0 Å². The Balaban J connectivity index is 1.76. The van der Waals surface area contributed by atoms with Gasteiger partial charge in [0.05, 0.1) is 26.2 Å². The number of rotatable bonds is 5. The summed E-state index contributed by atoms with van der Waals surface area (Å²) in [4.78, 5) is 13.8. The summed E-state index contributed by atoms with van der Waals surface area (Å²) >= 11 is 0. The Morgan fingerprint density at radius 2 is 1.95 bits per heavy atom. The van der Waals surface area contributed by atoms with E-state index in [1.54, 1.807) is 12.0 Å². The van der Waals surface area contributed by atoms with Gasteiger partial charge in [-0.3, -0.25) is 4.79 Å². The van der Waals surface area contributed by atoms with Gasteiger partial charge in [-0.25, -0.2) is 0 Å². The third-order valence-corrected chi connectivity index (χ3v) is 3.46. The van der Waals surface area contributed by atoms with Crippen molar-refractivity contribution in [3.8, 4) is 11.5 Å². The molecule has 1 amide bonds. The summed E-state index contributed by atoms with van der Waals surface area (Å²) in [5.41, 5.74) is 0. The molecule has 1 N–H and O–H groups in total. The fourth-order valence-corrected chi connectivity index (χ4v) is 2.26. The number of nitrogens with zero attached hydrogens (tertiary/aromatic N) is 1. The SMILES string of the molecule is COc1ccccc1OCCC(=O)N1CCC(O)CC1. The molecule has 0 aromatic heterocycles. The number of hydrogen-bond donors (Lipinski definition) is 1. The third kappa shape index (κ3) is 3.87. The quantitative estimate of drug-likeness (QED) is 0.886. The molecule has 5 heteroatoms. The highest BCUT2D eigenvalue weighted by atomic mass is 16.5. The van der Waals surface area contributed by atoms with Crippen LogP contribution in [0.3, 0.4) is 0 Å². The van der Waals surface area contributed by atoms with Crippen LogP contribution in [0, 0.1) is 0 Å². The largest absolute Gasteiger partial charge is 0.493 e. The van der Waals surface area contributed by atoms with Crippen molar-refractivity contribution in [2.75, 3.05) is 26.8 Å². The summed E-state index contributed by atoms with van der Waals surface area (Å²) < 4.78 is 10.8. The first-order valence-corrected chi connectivity index (χ1v) is 6.92. The highest BCUT2D eigenvalue weighted by Crippen LogP contribution is 2.25. The Labute approximate surface area is 119 Å². The first-order chi connectivity index (χ1) is 9.70. The number of para-hydroxylation sites is 2. The van der Waals surface area contributed by atoms with Crippen LogP contribution in [0.5, 0.6) is 11.5 Å². The summed E-state index contributed by atoms with van der Waals surface area (Å²) in [5, 5.41) is 9.41. The van der Waals surface area contributed by atoms with E-state index in [1.807, 2.05) is 24.3 Å². The van der Waals surface area contributed by atoms with Gasteiger partial charge in [-0.05, 0) is 25.0 Å². The van der Waals surface area contributed by atoms with E-state index in [0.29, 0.717) is 50.5 Å². The van der Waals surface area contributed by atoms with Crippen LogP contribution in [0.2, 0.25) is 0 Å². The molecule has 0 aliphatic carbocycles. The fraction of sp³-hybridized carbons (Fsp3) is 0.533. The van der Waals surface area contributed by atoms with E-state index in [-0.39, 0.29) is 12.0 Å². The van der Waals surface area contributed by atoms with E-state index >= 15 is 0 Å². The molecule has 20 heavy (non-hydrogen) atoms. The maximum absolute atomic E-state index is 12.0. The lowest BCUT2D eigenvalue weighted by molar-refractivity contribution is -0.133. The van der Waals surface area contributed by atoms with Gasteiger partial charge in [0.15, 0.2) is 11.5 Å². The lowest BCUT2D eigenvalue weighted by Gasteiger charge is -2.29. The number of amides is 1. The smallest absolute Gasteiger partial charge is 0.226 e. The molecular weight excluding hydrogens is 258 g/mol. The fourth-order valence-electron chi connectivity index (χ4n) is 2.26. The van der Waals surface area contributed by atoms with Crippen LogP contribution in [0.1, 0.15) is 19.3 Å². The minimum Gasteiger partial charge on any atom is -0.493 e. The number of piperidine rings is 1. The molecule has 0 saturated carbocycles. The molecule has 1 aromatic carbocycles. The maximum atomic E-state index is 12.0. The monoisotopic (exact) mass is 279 g/mol. The maximum Gasteiger partial charge on any atom is 0.226 e. The lowest BCUT2D eigenvalue weighted by atomic mass is 10.1. The van der Waals surface area contributed by atoms with Crippen LogP contribution < -0.4 is 9.47 Å². The van der Waals surface area contributed by atoms with Gasteiger partial charge in [0.1, 0.15) is 0 Å². The number of benzene rings is 1. The Bertz CT molecular complexity index is 441. The average molecular weight is 279 g/mol. The van der Waals surface area contributed by atoms with Crippen LogP contribution in [-0.4, -0.2) is 48.8 Å². The van der Waals surface area contributed by atoms with E-state index in [1.165, 1.54) is 0 Å². The minimum absolute atomic E-state index is 0.0757. The summed E-state index contributed by atoms with van der Waals surface area (Å²) in [6.07, 6.45) is 1.41. The first-order valence-electron chi connectivity index (χ1n) is 6.92. The predicted octanol–water partition coefficient (Wildman–Crippen LogP) is 1.45. The van der Waals surface area contributed by atoms with Gasteiger partial charge in [0.2, 0.25) is 5.91 Å². The normalized spacial score (nSPS) is 16.0. The first kappa shape index (κ1) is 14.7. The Morgan fingerprint density at radius 3 is 2.60 bits per heavy atom. The number of carbonyl (C=O) groups excluding carboxylic acids is 1. The molecule has 5 nitrogen and oxygen atoms in total. The highest BCUT2D eigenvalue weighted by Gasteiger charge is 2.20. The summed E-state index contributed by atoms with van der Waals surface area (Å²) in [6, 6.07) is 7.38. The molecule has 1 heterocycles. The van der Waals surface area contributed by atoms with Crippen molar-refractivity contribution in [1.29, 1.82) is 0 Å². The Kier molecular flexibility index (Phi) is 5.24. The van der Waals surface area contributed by atoms with Gasteiger partial charge in [0.25, 0.3) is 0 Å². The molecule has 1 aliphatic rings. The molecule has 2 rings (SSSR count). The van der Waals surface area contributed by atoms with Crippen LogP contribution >= 0.6 is 0 Å². The zero-order valence-electron chi connectivity index (χ0n) is 11.7. The second kappa shape index (κ2) is 7.14. The number of aliphatic hydroxyl groups is 1.